The first-order valence-corrected chi connectivity index (χ1v) is 15.4. The second-order valence-electron chi connectivity index (χ2n) is 10.9. The van der Waals surface area contributed by atoms with Gasteiger partial charge in [0.25, 0.3) is 5.91 Å². The number of nitrogens with zero attached hydrogens (tertiary/aromatic N) is 6. The number of carbonyl (C=O) groups is 2. The molecule has 3 heterocycles. The Labute approximate surface area is 262 Å². The van der Waals surface area contributed by atoms with Crippen molar-refractivity contribution in [3.8, 4) is 22.6 Å². The molecule has 11 heteroatoms. The van der Waals surface area contributed by atoms with Gasteiger partial charge in [0.2, 0.25) is 0 Å². The summed E-state index contributed by atoms with van der Waals surface area (Å²) in [6, 6.07) is 23.0. The van der Waals surface area contributed by atoms with Gasteiger partial charge in [-0.2, -0.15) is 5.10 Å². The molecule has 2 N–H and O–H groups in total. The molecule has 45 heavy (non-hydrogen) atoms. The summed E-state index contributed by atoms with van der Waals surface area (Å²) >= 11 is 0. The highest BCUT2D eigenvalue weighted by atomic mass is 16.5. The Bertz CT molecular complexity index is 1670. The zero-order chi connectivity index (χ0) is 31.4. The maximum Gasteiger partial charge on any atom is 0.307 e. The number of tetrazole rings is 1. The van der Waals surface area contributed by atoms with Crippen LogP contribution in [0.15, 0.2) is 79.0 Å². The number of aromatic nitrogens is 7. The van der Waals surface area contributed by atoms with E-state index in [1.54, 1.807) is 0 Å². The Hall–Kier alpha value is -5.19. The number of nitrogens with one attached hydrogen (secondary N) is 2. The van der Waals surface area contributed by atoms with Crippen molar-refractivity contribution in [2.75, 3.05) is 6.61 Å². The number of H-pyrrole nitrogens is 1. The Balaban J connectivity index is 1.31. The van der Waals surface area contributed by atoms with Gasteiger partial charge in [0.05, 0.1) is 25.3 Å². The lowest BCUT2D eigenvalue weighted by molar-refractivity contribution is -0.144. The highest BCUT2D eigenvalue weighted by molar-refractivity contribution is 5.93. The molecule has 5 rings (SSSR count). The van der Waals surface area contributed by atoms with Crippen LogP contribution in [0.4, 0.5) is 0 Å². The van der Waals surface area contributed by atoms with E-state index in [9.17, 15) is 9.59 Å². The van der Waals surface area contributed by atoms with Crippen LogP contribution in [-0.4, -0.2) is 59.9 Å². The van der Waals surface area contributed by atoms with Gasteiger partial charge in [-0.3, -0.25) is 19.3 Å². The molecule has 11 nitrogen and oxygen atoms in total. The second kappa shape index (κ2) is 15.5. The summed E-state index contributed by atoms with van der Waals surface area (Å²) < 4.78 is 7.25. The zero-order valence-corrected chi connectivity index (χ0v) is 25.6. The van der Waals surface area contributed by atoms with Gasteiger partial charge < -0.3 is 10.1 Å². The van der Waals surface area contributed by atoms with Crippen LogP contribution in [0.5, 0.6) is 0 Å². The van der Waals surface area contributed by atoms with Gasteiger partial charge in [-0.15, -0.1) is 5.10 Å². The van der Waals surface area contributed by atoms with Crippen LogP contribution in [0.3, 0.4) is 0 Å². The van der Waals surface area contributed by atoms with Gasteiger partial charge in [-0.1, -0.05) is 87.4 Å². The number of hydrogen-bond donors (Lipinski definition) is 2. The summed E-state index contributed by atoms with van der Waals surface area (Å²) in [5.74, 6) is -0.0688. The minimum atomic E-state index is -0.429. The first-order chi connectivity index (χ1) is 22.0. The van der Waals surface area contributed by atoms with E-state index >= 15 is 0 Å². The third-order valence-corrected chi connectivity index (χ3v) is 7.40. The number of benzene rings is 2. The Kier molecular flexibility index (Phi) is 10.8. The number of aryl methyl sites for hydroxylation is 1. The molecule has 232 valence electrons. The molecule has 0 spiro atoms. The number of carbonyl (C=O) groups excluding carboxylic acids is 2. The fourth-order valence-electron chi connectivity index (χ4n) is 5.12. The number of aromatic amines is 1. The SMILES string of the molecule is CCCCOC(=O)C[C@@H](Cc1ccccc1)NC(=O)c1cc(CCC)n(Cc2ccc(-c3ccccc3-c3nnn[nH]3)nc2)n1. The number of hydrogen-bond acceptors (Lipinski definition) is 8. The van der Waals surface area contributed by atoms with E-state index in [1.807, 2.05) is 90.6 Å². The fraction of sp³-hybridized carbons (Fsp3) is 0.324. The van der Waals surface area contributed by atoms with E-state index in [4.69, 9.17) is 9.72 Å². The molecule has 0 aliphatic carbocycles. The summed E-state index contributed by atoms with van der Waals surface area (Å²) in [6.45, 7) is 4.98. The molecule has 1 amide bonds. The van der Waals surface area contributed by atoms with E-state index in [2.05, 4.69) is 38.0 Å². The number of amides is 1. The molecule has 0 fully saturated rings. The van der Waals surface area contributed by atoms with Crippen molar-refractivity contribution in [3.05, 3.63) is 102 Å². The molecule has 0 radical (unpaired) electrons. The van der Waals surface area contributed by atoms with E-state index in [0.29, 0.717) is 31.1 Å². The van der Waals surface area contributed by atoms with Crippen molar-refractivity contribution >= 4 is 11.9 Å². The Morgan fingerprint density at radius 3 is 2.47 bits per heavy atom. The summed E-state index contributed by atoms with van der Waals surface area (Å²) in [4.78, 5) is 30.8. The summed E-state index contributed by atoms with van der Waals surface area (Å²) in [5, 5.41) is 22.0. The first-order valence-electron chi connectivity index (χ1n) is 15.4. The Morgan fingerprint density at radius 2 is 1.76 bits per heavy atom. The largest absolute Gasteiger partial charge is 0.466 e. The predicted octanol–water partition coefficient (Wildman–Crippen LogP) is 5.20. The highest BCUT2D eigenvalue weighted by Crippen LogP contribution is 2.28. The van der Waals surface area contributed by atoms with Crippen LogP contribution in [0, 0.1) is 0 Å². The standard InChI is InChI=1S/C34H38N8O3/c1-3-5-18-45-32(43)20-26(19-24-12-7-6-8-13-24)36-34(44)31-21-27(11-4-2)42(39-31)23-25-16-17-30(35-22-25)28-14-9-10-15-29(28)33-37-40-41-38-33/h6-10,12-17,21-22,26H,3-5,11,18-20,23H2,1-2H3,(H,36,44)(H,37,38,40,41)/t26-/m1/s1. The average Bonchev–Trinajstić information content (AvgIpc) is 3.73. The number of rotatable bonds is 15. The maximum absolute atomic E-state index is 13.5. The van der Waals surface area contributed by atoms with E-state index in [1.165, 1.54) is 0 Å². The number of esters is 1. The minimum Gasteiger partial charge on any atom is -0.466 e. The number of pyridine rings is 1. The van der Waals surface area contributed by atoms with Crippen LogP contribution >= 0.6 is 0 Å². The molecule has 0 aliphatic heterocycles. The summed E-state index contributed by atoms with van der Waals surface area (Å²) in [7, 11) is 0. The molecule has 2 aromatic carbocycles. The van der Waals surface area contributed by atoms with Crippen LogP contribution in [-0.2, 0) is 28.9 Å². The molecular weight excluding hydrogens is 568 g/mol. The third-order valence-electron chi connectivity index (χ3n) is 7.40. The molecule has 0 saturated carbocycles. The van der Waals surface area contributed by atoms with Gasteiger partial charge >= 0.3 is 5.97 Å². The minimum absolute atomic E-state index is 0.0843. The Morgan fingerprint density at radius 1 is 0.956 bits per heavy atom. The number of ether oxygens (including phenoxy) is 1. The molecule has 5 aromatic rings. The lowest BCUT2D eigenvalue weighted by atomic mass is 10.0. The number of unbranched alkanes of at least 4 members (excludes halogenated alkanes) is 1. The van der Waals surface area contributed by atoms with Gasteiger partial charge in [-0.25, -0.2) is 5.10 Å². The van der Waals surface area contributed by atoms with Crippen LogP contribution in [0.1, 0.15) is 66.8 Å². The van der Waals surface area contributed by atoms with Crippen LogP contribution in [0.25, 0.3) is 22.6 Å². The van der Waals surface area contributed by atoms with Gasteiger partial charge in [0.15, 0.2) is 5.82 Å². The van der Waals surface area contributed by atoms with E-state index in [0.717, 1.165) is 59.3 Å². The van der Waals surface area contributed by atoms with E-state index < -0.39 is 6.04 Å². The molecule has 0 bridgehead atoms. The van der Waals surface area contributed by atoms with Crippen molar-refractivity contribution in [1.82, 2.24) is 40.7 Å². The lowest BCUT2D eigenvalue weighted by Gasteiger charge is -2.18. The van der Waals surface area contributed by atoms with E-state index in [-0.39, 0.29) is 18.3 Å². The van der Waals surface area contributed by atoms with Gasteiger partial charge in [-0.05, 0) is 52.9 Å². The van der Waals surface area contributed by atoms with Gasteiger partial charge in [0.1, 0.15) is 5.69 Å². The van der Waals surface area contributed by atoms with Crippen LogP contribution < -0.4 is 5.32 Å². The smallest absolute Gasteiger partial charge is 0.307 e. The fourth-order valence-corrected chi connectivity index (χ4v) is 5.12. The third kappa shape index (κ3) is 8.47. The first kappa shape index (κ1) is 31.2. The highest BCUT2D eigenvalue weighted by Gasteiger charge is 2.22. The molecule has 0 unspecified atom stereocenters. The van der Waals surface area contributed by atoms with Crippen molar-refractivity contribution < 1.29 is 14.3 Å². The predicted molar refractivity (Wildman–Crippen MR) is 170 cm³/mol. The van der Waals surface area contributed by atoms with Crippen LogP contribution in [0.2, 0.25) is 0 Å². The second-order valence-corrected chi connectivity index (χ2v) is 10.9. The van der Waals surface area contributed by atoms with Crippen molar-refractivity contribution in [3.63, 3.8) is 0 Å². The molecule has 1 atom stereocenters. The topological polar surface area (TPSA) is 141 Å². The van der Waals surface area contributed by atoms with Crippen molar-refractivity contribution in [1.29, 1.82) is 0 Å². The maximum atomic E-state index is 13.5. The zero-order valence-electron chi connectivity index (χ0n) is 25.6. The lowest BCUT2D eigenvalue weighted by Crippen LogP contribution is -2.38. The molecule has 0 saturated heterocycles. The average molecular weight is 607 g/mol. The monoisotopic (exact) mass is 606 g/mol. The van der Waals surface area contributed by atoms with Crippen molar-refractivity contribution in [2.24, 2.45) is 0 Å². The quantitative estimate of drug-likeness (QED) is 0.122. The summed E-state index contributed by atoms with van der Waals surface area (Å²) in [5.41, 5.74) is 5.79. The summed E-state index contributed by atoms with van der Waals surface area (Å²) in [6.07, 6.45) is 5.83. The molecule has 3 aromatic heterocycles. The van der Waals surface area contributed by atoms with Gasteiger partial charge in [0, 0.05) is 29.1 Å². The molecular formula is C34H38N8O3. The molecule has 0 aliphatic rings. The normalized spacial score (nSPS) is 11.7. The van der Waals surface area contributed by atoms with Crippen molar-refractivity contribution in [2.45, 2.75) is 65.0 Å².